The van der Waals surface area contributed by atoms with Crippen molar-refractivity contribution >= 4 is 10.0 Å². The SMILES string of the molecule is Cc1ccc(S(=O)(=O)NCCCC#CC2CC2)cc1. The lowest BCUT2D eigenvalue weighted by Gasteiger charge is -2.05. The lowest BCUT2D eigenvalue weighted by molar-refractivity contribution is 0.579. The molecule has 0 aromatic heterocycles. The van der Waals surface area contributed by atoms with Crippen molar-refractivity contribution < 1.29 is 8.42 Å². The number of aryl methyl sites for hydroxylation is 1. The van der Waals surface area contributed by atoms with E-state index in [1.165, 1.54) is 12.8 Å². The average Bonchev–Trinajstić information content (AvgIpc) is 3.18. The van der Waals surface area contributed by atoms with E-state index in [9.17, 15) is 8.42 Å². The highest BCUT2D eigenvalue weighted by atomic mass is 32.2. The molecule has 1 aliphatic rings. The Bertz CT molecular complexity index is 575. The Hall–Kier alpha value is -1.31. The van der Waals surface area contributed by atoms with E-state index in [-0.39, 0.29) is 0 Å². The highest BCUT2D eigenvalue weighted by Gasteiger charge is 2.17. The number of sulfonamides is 1. The maximum atomic E-state index is 11.9. The number of unbranched alkanes of at least 4 members (excludes halogenated alkanes) is 1. The summed E-state index contributed by atoms with van der Waals surface area (Å²) in [7, 11) is -3.37. The van der Waals surface area contributed by atoms with Gasteiger partial charge in [0.05, 0.1) is 4.90 Å². The van der Waals surface area contributed by atoms with E-state index in [2.05, 4.69) is 16.6 Å². The van der Waals surface area contributed by atoms with E-state index >= 15 is 0 Å². The third-order valence-electron chi connectivity index (χ3n) is 2.99. The van der Waals surface area contributed by atoms with Crippen LogP contribution in [0.2, 0.25) is 0 Å². The van der Waals surface area contributed by atoms with Gasteiger partial charge in [0.2, 0.25) is 10.0 Å². The van der Waals surface area contributed by atoms with Gasteiger partial charge in [-0.3, -0.25) is 0 Å². The van der Waals surface area contributed by atoms with E-state index in [4.69, 9.17) is 0 Å². The zero-order valence-corrected chi connectivity index (χ0v) is 12.0. The molecule has 19 heavy (non-hydrogen) atoms. The minimum Gasteiger partial charge on any atom is -0.211 e. The van der Waals surface area contributed by atoms with Crippen molar-refractivity contribution in [3.05, 3.63) is 29.8 Å². The predicted octanol–water partition coefficient (Wildman–Crippen LogP) is 2.47. The van der Waals surface area contributed by atoms with Gasteiger partial charge in [0.1, 0.15) is 0 Å². The molecule has 0 atom stereocenters. The second-order valence-electron chi connectivity index (χ2n) is 4.91. The van der Waals surface area contributed by atoms with Crippen LogP contribution < -0.4 is 4.72 Å². The smallest absolute Gasteiger partial charge is 0.211 e. The molecule has 0 bridgehead atoms. The molecule has 1 saturated carbocycles. The molecule has 0 heterocycles. The highest BCUT2D eigenvalue weighted by molar-refractivity contribution is 7.89. The molecule has 0 radical (unpaired) electrons. The van der Waals surface area contributed by atoms with E-state index in [0.29, 0.717) is 17.4 Å². The molecule has 3 nitrogen and oxygen atoms in total. The van der Waals surface area contributed by atoms with Crippen molar-refractivity contribution in [2.75, 3.05) is 6.54 Å². The molecule has 1 aromatic carbocycles. The topological polar surface area (TPSA) is 46.2 Å². The molecule has 0 saturated heterocycles. The molecule has 1 aliphatic carbocycles. The van der Waals surface area contributed by atoms with Crippen molar-refractivity contribution in [2.24, 2.45) is 5.92 Å². The first-order chi connectivity index (χ1) is 9.08. The fraction of sp³-hybridized carbons (Fsp3) is 0.467. The number of nitrogens with one attached hydrogen (secondary N) is 1. The minimum atomic E-state index is -3.37. The van der Waals surface area contributed by atoms with Crippen LogP contribution in [0.1, 0.15) is 31.2 Å². The summed E-state index contributed by atoms with van der Waals surface area (Å²) in [4.78, 5) is 0.321. The Kier molecular flexibility index (Phi) is 4.62. The second-order valence-corrected chi connectivity index (χ2v) is 6.68. The van der Waals surface area contributed by atoms with Gasteiger partial charge < -0.3 is 0 Å². The third kappa shape index (κ3) is 4.70. The van der Waals surface area contributed by atoms with Crippen molar-refractivity contribution in [2.45, 2.75) is 37.5 Å². The van der Waals surface area contributed by atoms with Crippen LogP contribution >= 0.6 is 0 Å². The summed E-state index contributed by atoms with van der Waals surface area (Å²) in [5.41, 5.74) is 1.05. The normalized spacial score (nSPS) is 14.8. The molecule has 102 valence electrons. The summed E-state index contributed by atoms with van der Waals surface area (Å²) in [6.45, 7) is 2.37. The standard InChI is InChI=1S/C15H19NO2S/c1-13-6-10-15(11-7-13)19(17,18)16-12-4-2-3-5-14-8-9-14/h6-7,10-11,14,16H,2,4,8-9,12H2,1H3. The van der Waals surface area contributed by atoms with Crippen LogP contribution in [0.25, 0.3) is 0 Å². The Morgan fingerprint density at radius 1 is 1.26 bits per heavy atom. The maximum absolute atomic E-state index is 11.9. The summed E-state index contributed by atoms with van der Waals surface area (Å²) in [6, 6.07) is 6.86. The van der Waals surface area contributed by atoms with Gasteiger partial charge in [-0.15, -0.1) is 5.92 Å². The Morgan fingerprint density at radius 3 is 2.58 bits per heavy atom. The Balaban J connectivity index is 1.77. The number of hydrogen-bond donors (Lipinski definition) is 1. The van der Waals surface area contributed by atoms with Gasteiger partial charge in [0.25, 0.3) is 0 Å². The average molecular weight is 277 g/mol. The Morgan fingerprint density at radius 2 is 1.95 bits per heavy atom. The van der Waals surface area contributed by atoms with Gasteiger partial charge in [-0.2, -0.15) is 0 Å². The number of rotatable bonds is 5. The van der Waals surface area contributed by atoms with Crippen molar-refractivity contribution in [1.82, 2.24) is 4.72 Å². The molecule has 2 rings (SSSR count). The van der Waals surface area contributed by atoms with E-state index < -0.39 is 10.0 Å². The minimum absolute atomic E-state index is 0.321. The van der Waals surface area contributed by atoms with Crippen LogP contribution in [0.15, 0.2) is 29.2 Å². The largest absolute Gasteiger partial charge is 0.240 e. The molecular weight excluding hydrogens is 258 g/mol. The van der Waals surface area contributed by atoms with E-state index in [1.54, 1.807) is 24.3 Å². The van der Waals surface area contributed by atoms with Gasteiger partial charge in [-0.05, 0) is 38.3 Å². The van der Waals surface area contributed by atoms with E-state index in [0.717, 1.165) is 18.4 Å². The van der Waals surface area contributed by atoms with Gasteiger partial charge >= 0.3 is 0 Å². The van der Waals surface area contributed by atoms with Gasteiger partial charge in [0, 0.05) is 18.9 Å². The lowest BCUT2D eigenvalue weighted by atomic mass is 10.2. The van der Waals surface area contributed by atoms with Crippen LogP contribution in [0.3, 0.4) is 0 Å². The monoisotopic (exact) mass is 277 g/mol. The summed E-state index contributed by atoms with van der Waals surface area (Å²) < 4.78 is 26.5. The van der Waals surface area contributed by atoms with Crippen LogP contribution in [0.5, 0.6) is 0 Å². The quantitative estimate of drug-likeness (QED) is 0.664. The third-order valence-corrected chi connectivity index (χ3v) is 4.46. The fourth-order valence-electron chi connectivity index (χ4n) is 1.63. The number of benzene rings is 1. The Labute approximate surface area is 115 Å². The highest BCUT2D eigenvalue weighted by Crippen LogP contribution is 2.27. The molecule has 1 aromatic rings. The number of hydrogen-bond acceptors (Lipinski definition) is 2. The summed E-state index contributed by atoms with van der Waals surface area (Å²) >= 11 is 0. The van der Waals surface area contributed by atoms with Crippen LogP contribution in [0.4, 0.5) is 0 Å². The summed E-state index contributed by atoms with van der Waals surface area (Å²) in [6.07, 6.45) is 3.97. The molecule has 1 fully saturated rings. The fourth-order valence-corrected chi connectivity index (χ4v) is 2.70. The molecule has 0 amide bonds. The summed E-state index contributed by atoms with van der Waals surface area (Å²) in [5.74, 6) is 6.88. The molecule has 0 unspecified atom stereocenters. The molecule has 1 N–H and O–H groups in total. The first-order valence-corrected chi connectivity index (χ1v) is 8.11. The first kappa shape index (κ1) is 14.1. The molecule has 0 aliphatic heterocycles. The summed E-state index contributed by atoms with van der Waals surface area (Å²) in [5, 5.41) is 0. The second kappa shape index (κ2) is 6.23. The van der Waals surface area contributed by atoms with Crippen molar-refractivity contribution in [3.8, 4) is 11.8 Å². The van der Waals surface area contributed by atoms with Crippen molar-refractivity contribution in [1.29, 1.82) is 0 Å². The van der Waals surface area contributed by atoms with Crippen LogP contribution in [-0.4, -0.2) is 15.0 Å². The van der Waals surface area contributed by atoms with Crippen LogP contribution in [-0.2, 0) is 10.0 Å². The van der Waals surface area contributed by atoms with Crippen molar-refractivity contribution in [3.63, 3.8) is 0 Å². The molecule has 0 spiro atoms. The zero-order chi connectivity index (χ0) is 13.7. The van der Waals surface area contributed by atoms with Gasteiger partial charge in [-0.1, -0.05) is 23.6 Å². The first-order valence-electron chi connectivity index (χ1n) is 6.63. The maximum Gasteiger partial charge on any atom is 0.240 e. The lowest BCUT2D eigenvalue weighted by Crippen LogP contribution is -2.24. The predicted molar refractivity (Wildman–Crippen MR) is 76.1 cm³/mol. The van der Waals surface area contributed by atoms with Crippen LogP contribution in [0, 0.1) is 24.7 Å². The molecule has 4 heteroatoms. The van der Waals surface area contributed by atoms with Gasteiger partial charge in [-0.25, -0.2) is 13.1 Å². The zero-order valence-electron chi connectivity index (χ0n) is 11.1. The molecular formula is C15H19NO2S. The van der Waals surface area contributed by atoms with E-state index in [1.807, 2.05) is 6.92 Å². The van der Waals surface area contributed by atoms with Gasteiger partial charge in [0.15, 0.2) is 0 Å².